The normalized spacial score (nSPS) is 36.6. The molecule has 4 bridgehead atoms. The average molecular weight is 310 g/mol. The maximum absolute atomic E-state index is 9.99. The number of piperidine rings is 3. The third-order valence-corrected chi connectivity index (χ3v) is 6.41. The van der Waals surface area contributed by atoms with Crippen molar-refractivity contribution in [3.63, 3.8) is 0 Å². The van der Waals surface area contributed by atoms with Crippen molar-refractivity contribution in [2.75, 3.05) is 13.2 Å². The molecule has 0 saturated carbocycles. The summed E-state index contributed by atoms with van der Waals surface area (Å²) >= 11 is 0. The number of benzene rings is 1. The van der Waals surface area contributed by atoms with Crippen molar-refractivity contribution in [3.05, 3.63) is 41.1 Å². The van der Waals surface area contributed by atoms with Crippen LogP contribution < -0.4 is 0 Å². The average Bonchev–Trinajstić information content (AvgIpc) is 2.92. The fourth-order valence-electron chi connectivity index (χ4n) is 5.35. The van der Waals surface area contributed by atoms with Gasteiger partial charge in [-0.3, -0.25) is 4.90 Å². The summed E-state index contributed by atoms with van der Waals surface area (Å²) in [7, 11) is 0. The summed E-state index contributed by atoms with van der Waals surface area (Å²) in [5, 5.41) is 21.0. The van der Waals surface area contributed by atoms with E-state index < -0.39 is 0 Å². The van der Waals surface area contributed by atoms with Gasteiger partial charge in [0, 0.05) is 41.7 Å². The molecule has 5 heterocycles. The van der Waals surface area contributed by atoms with Crippen LogP contribution in [0.3, 0.4) is 0 Å². The van der Waals surface area contributed by atoms with Gasteiger partial charge in [-0.1, -0.05) is 11.6 Å². The number of aliphatic hydroxyl groups excluding tert-OH is 1. The maximum atomic E-state index is 9.99. The molecule has 6 rings (SSSR count). The zero-order valence-corrected chi connectivity index (χ0v) is 13.3. The number of nitrogens with zero attached hydrogens (tertiary/aromatic N) is 1. The van der Waals surface area contributed by atoms with Crippen molar-refractivity contribution in [3.8, 4) is 5.75 Å². The lowest BCUT2D eigenvalue weighted by atomic mass is 9.64. The molecule has 3 N–H and O–H groups in total. The number of phenolic OH excluding ortho intramolecular Hbond substituents is 1. The lowest BCUT2D eigenvalue weighted by Crippen LogP contribution is -2.60. The number of rotatable bonds is 1. The molecule has 1 aromatic heterocycles. The summed E-state index contributed by atoms with van der Waals surface area (Å²) in [6, 6.07) is 6.44. The second-order valence-corrected chi connectivity index (χ2v) is 7.26. The van der Waals surface area contributed by atoms with Gasteiger partial charge in [0.25, 0.3) is 0 Å². The minimum absolute atomic E-state index is 0.263. The topological polar surface area (TPSA) is 59.5 Å². The fourth-order valence-corrected chi connectivity index (χ4v) is 5.35. The zero-order chi connectivity index (χ0) is 15.7. The number of hydrogen-bond acceptors (Lipinski definition) is 3. The zero-order valence-electron chi connectivity index (χ0n) is 13.3. The molecule has 1 unspecified atom stereocenters. The third kappa shape index (κ3) is 1.68. The molecule has 23 heavy (non-hydrogen) atoms. The molecule has 0 amide bonds. The van der Waals surface area contributed by atoms with Crippen molar-refractivity contribution < 1.29 is 10.2 Å². The molecule has 4 nitrogen and oxygen atoms in total. The lowest BCUT2D eigenvalue weighted by Gasteiger charge is -2.58. The quantitative estimate of drug-likeness (QED) is 0.710. The Morgan fingerprint density at radius 2 is 2.26 bits per heavy atom. The summed E-state index contributed by atoms with van der Waals surface area (Å²) in [4.78, 5) is 6.21. The number of nitrogens with one attached hydrogen (secondary N) is 1. The van der Waals surface area contributed by atoms with Gasteiger partial charge in [-0.2, -0.15) is 0 Å². The van der Waals surface area contributed by atoms with Gasteiger partial charge in [0.1, 0.15) is 5.75 Å². The molecule has 2 aromatic rings. The van der Waals surface area contributed by atoms with E-state index in [-0.39, 0.29) is 6.61 Å². The van der Waals surface area contributed by atoms with Gasteiger partial charge in [0.05, 0.1) is 6.04 Å². The maximum Gasteiger partial charge on any atom is 0.116 e. The lowest BCUT2D eigenvalue weighted by molar-refractivity contribution is -0.0503. The molecule has 4 aliphatic heterocycles. The summed E-state index contributed by atoms with van der Waals surface area (Å²) in [6.07, 6.45) is 4.31. The van der Waals surface area contributed by atoms with E-state index in [1.165, 1.54) is 16.8 Å². The Morgan fingerprint density at radius 3 is 3.04 bits per heavy atom. The predicted octanol–water partition coefficient (Wildman–Crippen LogP) is 2.73. The first-order valence-corrected chi connectivity index (χ1v) is 8.56. The van der Waals surface area contributed by atoms with Gasteiger partial charge in [-0.05, 0) is 49.4 Å². The molecule has 0 aliphatic carbocycles. The summed E-state index contributed by atoms with van der Waals surface area (Å²) < 4.78 is 0. The number of fused-ring (bicyclic) bond motifs is 4. The van der Waals surface area contributed by atoms with Crippen LogP contribution in [0.4, 0.5) is 0 Å². The van der Waals surface area contributed by atoms with Crippen molar-refractivity contribution in [2.45, 2.75) is 31.8 Å². The van der Waals surface area contributed by atoms with Crippen LogP contribution in [0.5, 0.6) is 5.75 Å². The van der Waals surface area contributed by atoms with E-state index in [0.29, 0.717) is 29.7 Å². The number of hydrogen-bond donors (Lipinski definition) is 3. The van der Waals surface area contributed by atoms with Crippen LogP contribution in [-0.4, -0.2) is 39.3 Å². The van der Waals surface area contributed by atoms with Crippen LogP contribution in [0.25, 0.3) is 10.9 Å². The van der Waals surface area contributed by atoms with Crippen LogP contribution >= 0.6 is 0 Å². The summed E-state index contributed by atoms with van der Waals surface area (Å²) in [5.41, 5.74) is 5.29. The smallest absolute Gasteiger partial charge is 0.116 e. The Balaban J connectivity index is 1.68. The van der Waals surface area contributed by atoms with E-state index in [0.717, 1.165) is 30.3 Å². The van der Waals surface area contributed by atoms with Crippen LogP contribution in [0.15, 0.2) is 29.8 Å². The van der Waals surface area contributed by atoms with Crippen molar-refractivity contribution in [1.82, 2.24) is 9.88 Å². The Hall–Kier alpha value is -1.78. The second-order valence-electron chi connectivity index (χ2n) is 7.26. The SMILES string of the molecule is C/C=C1\CN2[C@H]3C[C@@H]1[C@@H](CO)[C@@H]2Cc1c3[nH]c2ccc(O)cc12. The van der Waals surface area contributed by atoms with Crippen LogP contribution in [-0.2, 0) is 6.42 Å². The molecule has 1 aromatic carbocycles. The van der Waals surface area contributed by atoms with Crippen LogP contribution in [0, 0.1) is 11.8 Å². The summed E-state index contributed by atoms with van der Waals surface area (Å²) in [5.74, 6) is 1.17. The Morgan fingerprint density at radius 1 is 1.39 bits per heavy atom. The van der Waals surface area contributed by atoms with E-state index in [1.54, 1.807) is 6.07 Å². The fraction of sp³-hybridized carbons (Fsp3) is 0.474. The monoisotopic (exact) mass is 310 g/mol. The predicted molar refractivity (Wildman–Crippen MR) is 89.3 cm³/mol. The molecule has 3 saturated heterocycles. The standard InChI is InChI=1S/C19H22N2O2/c1-2-10-8-21-17-7-14-13-5-11(23)3-4-16(13)20-19(14)18(21)6-12(10)15(17)9-22/h2-5,12,15,17-18,20,22-23H,6-9H2,1H3/b10-2+/t12-,15+,17-,18-/m0/s1. The number of aromatic nitrogens is 1. The highest BCUT2D eigenvalue weighted by atomic mass is 16.3. The van der Waals surface area contributed by atoms with E-state index in [9.17, 15) is 10.2 Å². The Bertz CT molecular complexity index is 822. The van der Waals surface area contributed by atoms with E-state index >= 15 is 0 Å². The summed E-state index contributed by atoms with van der Waals surface area (Å²) in [6.45, 7) is 3.42. The van der Waals surface area contributed by atoms with E-state index in [4.69, 9.17) is 0 Å². The van der Waals surface area contributed by atoms with Crippen LogP contribution in [0.2, 0.25) is 0 Å². The molecule has 4 heteroatoms. The molecule has 120 valence electrons. The number of aliphatic hydroxyl groups is 1. The second kappa shape index (κ2) is 4.62. The minimum Gasteiger partial charge on any atom is -0.508 e. The van der Waals surface area contributed by atoms with Gasteiger partial charge in [0.2, 0.25) is 0 Å². The highest BCUT2D eigenvalue weighted by Gasteiger charge is 2.52. The van der Waals surface area contributed by atoms with Gasteiger partial charge >= 0.3 is 0 Å². The molecule has 4 aliphatic rings. The van der Waals surface area contributed by atoms with Gasteiger partial charge < -0.3 is 15.2 Å². The number of phenols is 1. The minimum atomic E-state index is 0.263. The van der Waals surface area contributed by atoms with Gasteiger partial charge in [0.15, 0.2) is 0 Å². The molecule has 0 spiro atoms. The highest BCUT2D eigenvalue weighted by Crippen LogP contribution is 2.54. The molecular weight excluding hydrogens is 288 g/mol. The highest BCUT2D eigenvalue weighted by molar-refractivity contribution is 5.86. The molecule has 0 radical (unpaired) electrons. The number of aromatic hydroxyl groups is 1. The van der Waals surface area contributed by atoms with Gasteiger partial charge in [-0.25, -0.2) is 0 Å². The van der Waals surface area contributed by atoms with Crippen molar-refractivity contribution >= 4 is 10.9 Å². The van der Waals surface area contributed by atoms with Gasteiger partial charge in [-0.15, -0.1) is 0 Å². The first-order chi connectivity index (χ1) is 11.2. The van der Waals surface area contributed by atoms with Crippen LogP contribution in [0.1, 0.15) is 30.6 Å². The largest absolute Gasteiger partial charge is 0.508 e. The Kier molecular flexibility index (Phi) is 2.74. The van der Waals surface area contributed by atoms with E-state index in [1.807, 2.05) is 12.1 Å². The number of aromatic amines is 1. The van der Waals surface area contributed by atoms with Crippen molar-refractivity contribution in [2.24, 2.45) is 11.8 Å². The first kappa shape index (κ1) is 13.6. The number of H-pyrrole nitrogens is 1. The third-order valence-electron chi connectivity index (χ3n) is 6.41. The van der Waals surface area contributed by atoms with E-state index in [2.05, 4.69) is 22.9 Å². The Labute approximate surface area is 135 Å². The first-order valence-electron chi connectivity index (χ1n) is 8.56. The molecular formula is C19H22N2O2. The molecule has 5 atom stereocenters. The number of allylic oxidation sites excluding steroid dienone is 1. The van der Waals surface area contributed by atoms with Crippen molar-refractivity contribution in [1.29, 1.82) is 0 Å². The molecule has 3 fully saturated rings.